The number of benzene rings is 1. The number of hydrogen-bond donors (Lipinski definition) is 2. The Bertz CT molecular complexity index is 412. The Kier molecular flexibility index (Phi) is 5.38. The van der Waals surface area contributed by atoms with E-state index in [1.165, 1.54) is 30.2 Å². The Morgan fingerprint density at radius 2 is 2.28 bits per heavy atom. The first-order chi connectivity index (χ1) is 8.62. The van der Waals surface area contributed by atoms with E-state index in [4.69, 9.17) is 9.84 Å². The smallest absolute Gasteiger partial charge is 0.321 e. The molecule has 0 heterocycles. The van der Waals surface area contributed by atoms with E-state index in [-0.39, 0.29) is 18.8 Å². The number of aliphatic hydroxyl groups excluding tert-OH is 1. The molecular weight excluding hydrogens is 239 g/mol. The van der Waals surface area contributed by atoms with Gasteiger partial charge in [-0.1, -0.05) is 0 Å². The fourth-order valence-corrected chi connectivity index (χ4v) is 1.45. The molecule has 0 bridgehead atoms. The van der Waals surface area contributed by atoms with Gasteiger partial charge in [-0.05, 0) is 19.1 Å². The van der Waals surface area contributed by atoms with Crippen molar-refractivity contribution in [3.63, 3.8) is 0 Å². The van der Waals surface area contributed by atoms with E-state index in [0.29, 0.717) is 12.3 Å². The molecule has 0 radical (unpaired) electrons. The van der Waals surface area contributed by atoms with Crippen LogP contribution in [0.15, 0.2) is 18.2 Å². The minimum absolute atomic E-state index is 0.0516. The van der Waals surface area contributed by atoms with Gasteiger partial charge in [-0.3, -0.25) is 0 Å². The minimum Gasteiger partial charge on any atom is -0.497 e. The summed E-state index contributed by atoms with van der Waals surface area (Å²) < 4.78 is 18.4. The van der Waals surface area contributed by atoms with Gasteiger partial charge in [0.05, 0.1) is 19.4 Å². The number of anilines is 1. The Labute approximate surface area is 105 Å². The normalized spacial score (nSPS) is 10.0. The van der Waals surface area contributed by atoms with Gasteiger partial charge < -0.3 is 20.1 Å². The summed E-state index contributed by atoms with van der Waals surface area (Å²) in [7, 11) is 1.46. The van der Waals surface area contributed by atoms with E-state index in [2.05, 4.69) is 5.32 Å². The van der Waals surface area contributed by atoms with E-state index < -0.39 is 11.8 Å². The highest BCUT2D eigenvalue weighted by molar-refractivity contribution is 5.89. The number of methoxy groups -OCH3 is 1. The van der Waals surface area contributed by atoms with Crippen LogP contribution in [0.4, 0.5) is 14.9 Å². The number of nitrogens with one attached hydrogen (secondary N) is 1. The van der Waals surface area contributed by atoms with Crippen molar-refractivity contribution in [1.82, 2.24) is 4.90 Å². The number of urea groups is 1. The number of ether oxygens (including phenoxy) is 1. The predicted molar refractivity (Wildman–Crippen MR) is 66.3 cm³/mol. The fourth-order valence-electron chi connectivity index (χ4n) is 1.45. The highest BCUT2D eigenvalue weighted by Crippen LogP contribution is 2.21. The van der Waals surface area contributed by atoms with Crippen LogP contribution >= 0.6 is 0 Å². The second-order valence-electron chi connectivity index (χ2n) is 3.58. The summed E-state index contributed by atoms with van der Waals surface area (Å²) in [6.07, 6.45) is 0. The van der Waals surface area contributed by atoms with Crippen LogP contribution < -0.4 is 10.1 Å². The number of amides is 2. The highest BCUT2D eigenvalue weighted by atomic mass is 19.1. The maximum atomic E-state index is 13.5. The Morgan fingerprint density at radius 3 is 2.83 bits per heavy atom. The number of aliphatic hydroxyl groups is 1. The molecule has 0 atom stereocenters. The number of nitrogens with zero attached hydrogens (tertiary/aromatic N) is 1. The Balaban J connectivity index is 2.79. The first kappa shape index (κ1) is 14.2. The molecule has 0 aliphatic heterocycles. The SMILES string of the molecule is CCN(CCO)C(=O)Nc1cc(OC)ccc1F. The van der Waals surface area contributed by atoms with Crippen LogP contribution in [0.2, 0.25) is 0 Å². The average Bonchev–Trinajstić information content (AvgIpc) is 2.38. The van der Waals surface area contributed by atoms with E-state index in [1.807, 2.05) is 0 Å². The first-order valence-corrected chi connectivity index (χ1v) is 5.62. The summed E-state index contributed by atoms with van der Waals surface area (Å²) in [5.41, 5.74) is 0.0516. The largest absolute Gasteiger partial charge is 0.497 e. The molecule has 18 heavy (non-hydrogen) atoms. The van der Waals surface area contributed by atoms with Crippen molar-refractivity contribution in [3.05, 3.63) is 24.0 Å². The van der Waals surface area contributed by atoms with Gasteiger partial charge in [-0.2, -0.15) is 0 Å². The predicted octanol–water partition coefficient (Wildman–Crippen LogP) is 1.68. The third kappa shape index (κ3) is 3.59. The highest BCUT2D eigenvalue weighted by Gasteiger charge is 2.13. The van der Waals surface area contributed by atoms with Crippen LogP contribution in [0.25, 0.3) is 0 Å². The molecule has 2 N–H and O–H groups in total. The summed E-state index contributed by atoms with van der Waals surface area (Å²) in [5, 5.41) is 11.2. The Morgan fingerprint density at radius 1 is 1.56 bits per heavy atom. The van der Waals surface area contributed by atoms with Crippen molar-refractivity contribution in [2.45, 2.75) is 6.92 Å². The molecule has 100 valence electrons. The number of carbonyl (C=O) groups is 1. The number of rotatable bonds is 5. The molecule has 0 aliphatic carbocycles. The maximum Gasteiger partial charge on any atom is 0.321 e. The number of likely N-dealkylation sites (N-methyl/N-ethyl adjacent to an activating group) is 1. The molecule has 0 aromatic heterocycles. The fraction of sp³-hybridized carbons (Fsp3) is 0.417. The zero-order chi connectivity index (χ0) is 13.5. The zero-order valence-electron chi connectivity index (χ0n) is 10.4. The molecule has 0 spiro atoms. The van der Waals surface area contributed by atoms with E-state index in [9.17, 15) is 9.18 Å². The molecule has 1 aromatic rings. The van der Waals surface area contributed by atoms with Gasteiger partial charge in [0, 0.05) is 19.2 Å². The van der Waals surface area contributed by atoms with Gasteiger partial charge in [0.2, 0.25) is 0 Å². The van der Waals surface area contributed by atoms with Crippen molar-refractivity contribution in [2.75, 3.05) is 32.1 Å². The van der Waals surface area contributed by atoms with Crippen molar-refractivity contribution in [3.8, 4) is 5.75 Å². The van der Waals surface area contributed by atoms with Gasteiger partial charge in [0.1, 0.15) is 11.6 Å². The summed E-state index contributed by atoms with van der Waals surface area (Å²) in [6.45, 7) is 2.27. The lowest BCUT2D eigenvalue weighted by atomic mass is 10.3. The summed E-state index contributed by atoms with van der Waals surface area (Å²) in [5.74, 6) is -0.0823. The summed E-state index contributed by atoms with van der Waals surface area (Å²) in [6, 6.07) is 3.63. The molecule has 0 aliphatic rings. The molecule has 0 saturated heterocycles. The second kappa shape index (κ2) is 6.80. The maximum absolute atomic E-state index is 13.5. The standard InChI is InChI=1S/C12H17FN2O3/c1-3-15(6-7-16)12(17)14-11-8-9(18-2)4-5-10(11)13/h4-5,8,16H,3,6-7H2,1-2H3,(H,14,17). The van der Waals surface area contributed by atoms with E-state index >= 15 is 0 Å². The second-order valence-corrected chi connectivity index (χ2v) is 3.58. The van der Waals surface area contributed by atoms with Crippen molar-refractivity contribution in [1.29, 1.82) is 0 Å². The third-order valence-electron chi connectivity index (χ3n) is 2.45. The third-order valence-corrected chi connectivity index (χ3v) is 2.45. The van der Waals surface area contributed by atoms with Gasteiger partial charge in [0.25, 0.3) is 0 Å². The molecule has 0 fully saturated rings. The lowest BCUT2D eigenvalue weighted by molar-refractivity contribution is 0.192. The van der Waals surface area contributed by atoms with Crippen LogP contribution in [-0.2, 0) is 0 Å². The molecule has 0 saturated carbocycles. The number of halogens is 1. The Hall–Kier alpha value is -1.82. The summed E-state index contributed by atoms with van der Waals surface area (Å²) in [4.78, 5) is 13.2. The number of hydrogen-bond acceptors (Lipinski definition) is 3. The first-order valence-electron chi connectivity index (χ1n) is 5.62. The molecule has 1 rings (SSSR count). The molecule has 1 aromatic carbocycles. The van der Waals surface area contributed by atoms with Gasteiger partial charge >= 0.3 is 6.03 Å². The van der Waals surface area contributed by atoms with Crippen LogP contribution in [0, 0.1) is 5.82 Å². The summed E-state index contributed by atoms with van der Waals surface area (Å²) >= 11 is 0. The van der Waals surface area contributed by atoms with Crippen LogP contribution in [0.5, 0.6) is 5.75 Å². The zero-order valence-corrected chi connectivity index (χ0v) is 10.4. The molecule has 2 amide bonds. The van der Waals surface area contributed by atoms with Crippen molar-refractivity contribution < 1.29 is 19.0 Å². The lowest BCUT2D eigenvalue weighted by Crippen LogP contribution is -2.37. The number of carbonyl (C=O) groups excluding carboxylic acids is 1. The minimum atomic E-state index is -0.538. The monoisotopic (exact) mass is 256 g/mol. The molecule has 6 heteroatoms. The average molecular weight is 256 g/mol. The van der Waals surface area contributed by atoms with Gasteiger partial charge in [-0.25, -0.2) is 9.18 Å². The van der Waals surface area contributed by atoms with Gasteiger partial charge in [0.15, 0.2) is 0 Å². The van der Waals surface area contributed by atoms with E-state index in [0.717, 1.165) is 0 Å². The van der Waals surface area contributed by atoms with Crippen LogP contribution in [-0.4, -0.2) is 42.8 Å². The van der Waals surface area contributed by atoms with E-state index in [1.54, 1.807) is 6.92 Å². The van der Waals surface area contributed by atoms with Gasteiger partial charge in [-0.15, -0.1) is 0 Å². The topological polar surface area (TPSA) is 61.8 Å². The molecule has 0 unspecified atom stereocenters. The van der Waals surface area contributed by atoms with Crippen molar-refractivity contribution in [2.24, 2.45) is 0 Å². The quantitative estimate of drug-likeness (QED) is 0.842. The van der Waals surface area contributed by atoms with Crippen LogP contribution in [0.3, 0.4) is 0 Å². The van der Waals surface area contributed by atoms with Crippen LogP contribution in [0.1, 0.15) is 6.92 Å². The molecular formula is C12H17FN2O3. The molecule has 5 nitrogen and oxygen atoms in total. The van der Waals surface area contributed by atoms with Crippen molar-refractivity contribution >= 4 is 11.7 Å². The lowest BCUT2D eigenvalue weighted by Gasteiger charge is -2.20.